The molecule has 6 nitrogen and oxygen atoms in total. The second-order valence-electron chi connectivity index (χ2n) is 6.14. The summed E-state index contributed by atoms with van der Waals surface area (Å²) in [5, 5.41) is 5.79. The third-order valence-corrected chi connectivity index (χ3v) is 4.27. The van der Waals surface area contributed by atoms with E-state index >= 15 is 0 Å². The molecule has 0 atom stereocenters. The fourth-order valence-corrected chi connectivity index (χ4v) is 2.82. The van der Waals surface area contributed by atoms with E-state index in [1.54, 1.807) is 37.4 Å². The van der Waals surface area contributed by atoms with Gasteiger partial charge in [0.15, 0.2) is 5.11 Å². The molecule has 0 fully saturated rings. The average Bonchev–Trinajstić information content (AvgIpc) is 2.78. The standard InChI is InChI=1S/C23H22N2O4S/c1-27-21-10-6-5-9-20(21)24-23(30)25-22(26)17-11-13-19(14-12-17)29-16-15-28-18-7-3-2-4-8-18/h2-14H,15-16H2,1H3,(H2,24,25,26,30). The van der Waals surface area contributed by atoms with E-state index in [2.05, 4.69) is 10.6 Å². The van der Waals surface area contributed by atoms with Gasteiger partial charge in [0.05, 0.1) is 12.8 Å². The van der Waals surface area contributed by atoms with Gasteiger partial charge < -0.3 is 19.5 Å². The van der Waals surface area contributed by atoms with Crippen LogP contribution in [-0.2, 0) is 0 Å². The summed E-state index contributed by atoms with van der Waals surface area (Å²) < 4.78 is 16.5. The van der Waals surface area contributed by atoms with Crippen LogP contribution in [0.2, 0.25) is 0 Å². The van der Waals surface area contributed by atoms with Crippen LogP contribution in [-0.4, -0.2) is 31.3 Å². The Morgan fingerprint density at radius 1 is 0.833 bits per heavy atom. The lowest BCUT2D eigenvalue weighted by atomic mass is 10.2. The monoisotopic (exact) mass is 422 g/mol. The molecule has 0 bridgehead atoms. The Morgan fingerprint density at radius 3 is 2.10 bits per heavy atom. The van der Waals surface area contributed by atoms with Crippen molar-refractivity contribution in [2.24, 2.45) is 0 Å². The number of carbonyl (C=O) groups is 1. The second kappa shape index (κ2) is 10.8. The molecular formula is C23H22N2O4S. The maximum atomic E-state index is 12.4. The molecule has 2 N–H and O–H groups in total. The highest BCUT2D eigenvalue weighted by Gasteiger charge is 2.10. The molecule has 0 aliphatic rings. The van der Waals surface area contributed by atoms with Crippen LogP contribution in [0.25, 0.3) is 0 Å². The Labute approximate surface area is 180 Å². The van der Waals surface area contributed by atoms with E-state index in [1.807, 2.05) is 48.5 Å². The van der Waals surface area contributed by atoms with E-state index in [4.69, 9.17) is 26.4 Å². The minimum Gasteiger partial charge on any atom is -0.495 e. The molecular weight excluding hydrogens is 400 g/mol. The predicted octanol–water partition coefficient (Wildman–Crippen LogP) is 4.28. The normalized spacial score (nSPS) is 10.0. The predicted molar refractivity (Wildman–Crippen MR) is 121 cm³/mol. The molecule has 0 saturated carbocycles. The smallest absolute Gasteiger partial charge is 0.257 e. The highest BCUT2D eigenvalue weighted by molar-refractivity contribution is 7.80. The van der Waals surface area contributed by atoms with Crippen molar-refractivity contribution in [1.29, 1.82) is 0 Å². The van der Waals surface area contributed by atoms with E-state index < -0.39 is 0 Å². The lowest BCUT2D eigenvalue weighted by molar-refractivity contribution is 0.0977. The van der Waals surface area contributed by atoms with E-state index in [0.717, 1.165) is 5.75 Å². The highest BCUT2D eigenvalue weighted by atomic mass is 32.1. The number of carbonyl (C=O) groups excluding carboxylic acids is 1. The van der Waals surface area contributed by atoms with Gasteiger partial charge in [-0.1, -0.05) is 30.3 Å². The van der Waals surface area contributed by atoms with Gasteiger partial charge in [-0.25, -0.2) is 0 Å². The van der Waals surface area contributed by atoms with Gasteiger partial charge in [0, 0.05) is 5.56 Å². The Hall–Kier alpha value is -3.58. The van der Waals surface area contributed by atoms with Crippen molar-refractivity contribution in [3.63, 3.8) is 0 Å². The van der Waals surface area contributed by atoms with Crippen LogP contribution in [0.4, 0.5) is 5.69 Å². The topological polar surface area (TPSA) is 68.8 Å². The van der Waals surface area contributed by atoms with Crippen LogP contribution in [0.15, 0.2) is 78.9 Å². The number of para-hydroxylation sites is 3. The zero-order valence-electron chi connectivity index (χ0n) is 16.5. The lowest BCUT2D eigenvalue weighted by Crippen LogP contribution is -2.34. The molecule has 3 aromatic carbocycles. The van der Waals surface area contributed by atoms with E-state index in [1.165, 1.54) is 0 Å². The SMILES string of the molecule is COc1ccccc1NC(=S)NC(=O)c1ccc(OCCOc2ccccc2)cc1. The Balaban J connectivity index is 1.45. The molecule has 154 valence electrons. The van der Waals surface area contributed by atoms with E-state index in [9.17, 15) is 4.79 Å². The van der Waals surface area contributed by atoms with Crippen LogP contribution in [0.5, 0.6) is 17.2 Å². The number of thiocarbonyl (C=S) groups is 1. The molecule has 0 saturated heterocycles. The maximum absolute atomic E-state index is 12.4. The fraction of sp³-hybridized carbons (Fsp3) is 0.130. The number of hydrogen-bond donors (Lipinski definition) is 2. The van der Waals surface area contributed by atoms with Crippen molar-refractivity contribution in [1.82, 2.24) is 5.32 Å². The minimum absolute atomic E-state index is 0.183. The number of methoxy groups -OCH3 is 1. The van der Waals surface area contributed by atoms with Crippen molar-refractivity contribution in [3.05, 3.63) is 84.4 Å². The van der Waals surface area contributed by atoms with Gasteiger partial charge in [-0.3, -0.25) is 10.1 Å². The molecule has 0 aliphatic carbocycles. The number of nitrogens with one attached hydrogen (secondary N) is 2. The van der Waals surface area contributed by atoms with Gasteiger partial charge >= 0.3 is 0 Å². The lowest BCUT2D eigenvalue weighted by Gasteiger charge is -2.13. The summed E-state index contributed by atoms with van der Waals surface area (Å²) in [7, 11) is 1.57. The summed E-state index contributed by atoms with van der Waals surface area (Å²) >= 11 is 5.22. The van der Waals surface area contributed by atoms with Gasteiger partial charge in [0.2, 0.25) is 0 Å². The third-order valence-electron chi connectivity index (χ3n) is 4.06. The zero-order chi connectivity index (χ0) is 21.2. The van der Waals surface area contributed by atoms with Gasteiger partial charge in [0.25, 0.3) is 5.91 Å². The molecule has 0 unspecified atom stereocenters. The first-order chi connectivity index (χ1) is 14.7. The summed E-state index contributed by atoms with van der Waals surface area (Å²) in [5.41, 5.74) is 1.14. The maximum Gasteiger partial charge on any atom is 0.257 e. The zero-order valence-corrected chi connectivity index (χ0v) is 17.3. The highest BCUT2D eigenvalue weighted by Crippen LogP contribution is 2.22. The molecule has 3 rings (SSSR count). The average molecular weight is 423 g/mol. The number of amides is 1. The van der Waals surface area contributed by atoms with Crippen LogP contribution >= 0.6 is 12.2 Å². The van der Waals surface area contributed by atoms with Crippen LogP contribution in [0.3, 0.4) is 0 Å². The van der Waals surface area contributed by atoms with Crippen molar-refractivity contribution in [2.45, 2.75) is 0 Å². The van der Waals surface area contributed by atoms with Crippen molar-refractivity contribution in [2.75, 3.05) is 25.6 Å². The first-order valence-electron chi connectivity index (χ1n) is 9.32. The van der Waals surface area contributed by atoms with Gasteiger partial charge in [-0.15, -0.1) is 0 Å². The molecule has 3 aromatic rings. The van der Waals surface area contributed by atoms with Crippen molar-refractivity contribution < 1.29 is 19.0 Å². The molecule has 0 heterocycles. The van der Waals surface area contributed by atoms with Crippen LogP contribution in [0.1, 0.15) is 10.4 Å². The van der Waals surface area contributed by atoms with Crippen LogP contribution < -0.4 is 24.8 Å². The van der Waals surface area contributed by atoms with Crippen molar-refractivity contribution in [3.8, 4) is 17.2 Å². The first kappa shape index (κ1) is 21.1. The Bertz CT molecular complexity index is 978. The van der Waals surface area contributed by atoms with Gasteiger partial charge in [-0.2, -0.15) is 0 Å². The molecule has 0 spiro atoms. The third kappa shape index (κ3) is 6.22. The van der Waals surface area contributed by atoms with Crippen molar-refractivity contribution >= 4 is 28.9 Å². The molecule has 0 aliphatic heterocycles. The second-order valence-corrected chi connectivity index (χ2v) is 6.55. The summed E-state index contributed by atoms with van der Waals surface area (Å²) in [6, 6.07) is 23.7. The summed E-state index contributed by atoms with van der Waals surface area (Å²) in [5.74, 6) is 1.76. The number of rotatable bonds is 8. The molecule has 7 heteroatoms. The largest absolute Gasteiger partial charge is 0.495 e. The number of hydrogen-bond acceptors (Lipinski definition) is 5. The molecule has 30 heavy (non-hydrogen) atoms. The minimum atomic E-state index is -0.318. The first-order valence-corrected chi connectivity index (χ1v) is 9.72. The van der Waals surface area contributed by atoms with E-state index in [0.29, 0.717) is 36.0 Å². The molecule has 1 amide bonds. The summed E-state index contributed by atoms with van der Waals surface area (Å²) in [6.45, 7) is 0.822. The number of anilines is 1. The molecule has 0 radical (unpaired) electrons. The quantitative estimate of drug-likeness (QED) is 0.417. The van der Waals surface area contributed by atoms with E-state index in [-0.39, 0.29) is 11.0 Å². The number of ether oxygens (including phenoxy) is 3. The van der Waals surface area contributed by atoms with Gasteiger partial charge in [0.1, 0.15) is 30.5 Å². The summed E-state index contributed by atoms with van der Waals surface area (Å²) in [4.78, 5) is 12.4. The van der Waals surface area contributed by atoms with Gasteiger partial charge in [-0.05, 0) is 60.7 Å². The molecule has 0 aromatic heterocycles. The van der Waals surface area contributed by atoms with Crippen LogP contribution in [0, 0.1) is 0 Å². The Kier molecular flexibility index (Phi) is 7.63. The Morgan fingerprint density at radius 2 is 1.43 bits per heavy atom. The number of benzene rings is 3. The summed E-state index contributed by atoms with van der Waals surface area (Å²) in [6.07, 6.45) is 0. The fourth-order valence-electron chi connectivity index (χ4n) is 2.62.